The molecule has 0 radical (unpaired) electrons. The predicted octanol–water partition coefficient (Wildman–Crippen LogP) is 2.13. The molecule has 1 saturated carbocycles. The third kappa shape index (κ3) is 4.44. The minimum absolute atomic E-state index is 0.0456. The lowest BCUT2D eigenvalue weighted by molar-refractivity contribution is -0.137. The summed E-state index contributed by atoms with van der Waals surface area (Å²) in [6, 6.07) is -0.0220. The number of urea groups is 1. The third-order valence-corrected chi connectivity index (χ3v) is 4.54. The molecule has 3 amide bonds. The summed E-state index contributed by atoms with van der Waals surface area (Å²) in [4.78, 5) is 36.1. The van der Waals surface area contributed by atoms with Crippen molar-refractivity contribution in [3.8, 4) is 0 Å². The first kappa shape index (κ1) is 15.8. The standard InChI is InChI=1S/C15H24N2O4/c18-13(8-3-9-14(19)20)16-15(21)17-10-4-6-11-5-1-2-7-12(11)17/h11-12H,1-10H2,(H,19,20)(H,16,18,21). The molecule has 0 aromatic heterocycles. The van der Waals surface area contributed by atoms with E-state index in [1.807, 2.05) is 4.90 Å². The topological polar surface area (TPSA) is 86.7 Å². The van der Waals surface area contributed by atoms with E-state index < -0.39 is 5.97 Å². The Kier molecular flexibility index (Phi) is 5.59. The van der Waals surface area contributed by atoms with Gasteiger partial charge in [0.2, 0.25) is 5.91 Å². The summed E-state index contributed by atoms with van der Waals surface area (Å²) in [6.45, 7) is 0.718. The summed E-state index contributed by atoms with van der Waals surface area (Å²) in [5.74, 6) is -0.713. The van der Waals surface area contributed by atoms with Crippen LogP contribution < -0.4 is 5.32 Å². The van der Waals surface area contributed by atoms with Crippen molar-refractivity contribution in [2.75, 3.05) is 6.54 Å². The van der Waals surface area contributed by atoms with E-state index in [9.17, 15) is 14.4 Å². The molecule has 2 aliphatic rings. The summed E-state index contributed by atoms with van der Waals surface area (Å²) in [7, 11) is 0. The van der Waals surface area contributed by atoms with Crippen LogP contribution in [0.4, 0.5) is 4.79 Å². The van der Waals surface area contributed by atoms with Gasteiger partial charge in [-0.05, 0) is 38.0 Å². The van der Waals surface area contributed by atoms with E-state index in [-0.39, 0.29) is 37.2 Å². The Morgan fingerprint density at radius 1 is 1.05 bits per heavy atom. The number of hydrogen-bond donors (Lipinski definition) is 2. The van der Waals surface area contributed by atoms with Crippen molar-refractivity contribution in [2.45, 2.75) is 63.8 Å². The van der Waals surface area contributed by atoms with Gasteiger partial charge in [-0.2, -0.15) is 0 Å². The SMILES string of the molecule is O=C(O)CCCC(=O)NC(=O)N1CCCC2CCCCC21. The van der Waals surface area contributed by atoms with Crippen molar-refractivity contribution in [3.05, 3.63) is 0 Å². The molecule has 2 N–H and O–H groups in total. The number of likely N-dealkylation sites (tertiary alicyclic amines) is 1. The van der Waals surface area contributed by atoms with Gasteiger partial charge in [-0.3, -0.25) is 14.9 Å². The van der Waals surface area contributed by atoms with Crippen molar-refractivity contribution < 1.29 is 19.5 Å². The molecule has 1 heterocycles. The molecule has 2 atom stereocenters. The molecule has 1 saturated heterocycles. The van der Waals surface area contributed by atoms with Crippen molar-refractivity contribution in [2.24, 2.45) is 5.92 Å². The number of carboxylic acids is 1. The summed E-state index contributed by atoms with van der Waals surface area (Å²) >= 11 is 0. The van der Waals surface area contributed by atoms with Crippen molar-refractivity contribution in [1.29, 1.82) is 0 Å². The summed E-state index contributed by atoms with van der Waals surface area (Å²) in [5, 5.41) is 10.9. The van der Waals surface area contributed by atoms with Gasteiger partial charge >= 0.3 is 12.0 Å². The monoisotopic (exact) mass is 296 g/mol. The highest BCUT2D eigenvalue weighted by molar-refractivity contribution is 5.94. The van der Waals surface area contributed by atoms with E-state index in [0.717, 1.165) is 25.8 Å². The average Bonchev–Trinajstić information content (AvgIpc) is 2.46. The number of carbonyl (C=O) groups excluding carboxylic acids is 2. The Bertz CT molecular complexity index is 408. The van der Waals surface area contributed by atoms with Crippen molar-refractivity contribution >= 4 is 17.9 Å². The number of nitrogens with zero attached hydrogens (tertiary/aromatic N) is 1. The Morgan fingerprint density at radius 3 is 2.52 bits per heavy atom. The number of carboxylic acid groups (broad SMARTS) is 1. The first-order valence-electron chi connectivity index (χ1n) is 7.90. The maximum Gasteiger partial charge on any atom is 0.324 e. The molecule has 2 fully saturated rings. The van der Waals surface area contributed by atoms with Crippen LogP contribution in [0, 0.1) is 5.92 Å². The van der Waals surface area contributed by atoms with Crippen LogP contribution >= 0.6 is 0 Å². The number of carbonyl (C=O) groups is 3. The fourth-order valence-electron chi connectivity index (χ4n) is 3.53. The van der Waals surface area contributed by atoms with Gasteiger partial charge in [0.15, 0.2) is 0 Å². The molecule has 6 nitrogen and oxygen atoms in total. The van der Waals surface area contributed by atoms with Crippen molar-refractivity contribution in [1.82, 2.24) is 10.2 Å². The predicted molar refractivity (Wildman–Crippen MR) is 76.7 cm³/mol. The number of rotatable bonds is 4. The van der Waals surface area contributed by atoms with Gasteiger partial charge in [0.1, 0.15) is 0 Å². The first-order valence-corrected chi connectivity index (χ1v) is 7.90. The maximum atomic E-state index is 12.2. The molecule has 118 valence electrons. The highest BCUT2D eigenvalue weighted by atomic mass is 16.4. The molecule has 21 heavy (non-hydrogen) atoms. The molecular formula is C15H24N2O4. The van der Waals surface area contributed by atoms with E-state index in [2.05, 4.69) is 5.32 Å². The van der Waals surface area contributed by atoms with Gasteiger partial charge in [-0.25, -0.2) is 4.79 Å². The van der Waals surface area contributed by atoms with Crippen LogP contribution in [0.25, 0.3) is 0 Å². The van der Waals surface area contributed by atoms with E-state index >= 15 is 0 Å². The molecule has 0 bridgehead atoms. The largest absolute Gasteiger partial charge is 0.481 e. The number of aliphatic carboxylic acids is 1. The van der Waals surface area contributed by atoms with Crippen LogP contribution in [0.1, 0.15) is 57.8 Å². The molecule has 0 spiro atoms. The van der Waals surface area contributed by atoms with Gasteiger partial charge in [0.25, 0.3) is 0 Å². The minimum Gasteiger partial charge on any atom is -0.481 e. The van der Waals surface area contributed by atoms with Crippen LogP contribution in [-0.2, 0) is 9.59 Å². The quantitative estimate of drug-likeness (QED) is 0.832. The number of imide groups is 1. The highest BCUT2D eigenvalue weighted by Crippen LogP contribution is 2.35. The van der Waals surface area contributed by atoms with E-state index in [0.29, 0.717) is 5.92 Å². The number of nitrogens with one attached hydrogen (secondary N) is 1. The molecule has 2 rings (SSSR count). The lowest BCUT2D eigenvalue weighted by Crippen LogP contribution is -2.54. The fraction of sp³-hybridized carbons (Fsp3) is 0.800. The Balaban J connectivity index is 1.81. The summed E-state index contributed by atoms with van der Waals surface area (Å²) in [5.41, 5.74) is 0. The second-order valence-electron chi connectivity index (χ2n) is 6.05. The molecular weight excluding hydrogens is 272 g/mol. The number of amides is 3. The summed E-state index contributed by atoms with van der Waals surface area (Å²) < 4.78 is 0. The van der Waals surface area contributed by atoms with Gasteiger partial charge in [0, 0.05) is 25.4 Å². The van der Waals surface area contributed by atoms with Gasteiger partial charge in [-0.1, -0.05) is 12.8 Å². The smallest absolute Gasteiger partial charge is 0.324 e. The zero-order valence-electron chi connectivity index (χ0n) is 12.3. The average molecular weight is 296 g/mol. The van der Waals surface area contributed by atoms with E-state index in [1.165, 1.54) is 19.3 Å². The van der Waals surface area contributed by atoms with Crippen LogP contribution in [0.5, 0.6) is 0 Å². The zero-order chi connectivity index (χ0) is 15.2. The molecule has 6 heteroatoms. The second-order valence-corrected chi connectivity index (χ2v) is 6.05. The van der Waals surface area contributed by atoms with Crippen LogP contribution in [-0.4, -0.2) is 40.5 Å². The third-order valence-electron chi connectivity index (χ3n) is 4.54. The normalized spacial score (nSPS) is 25.0. The Hall–Kier alpha value is -1.59. The number of piperidine rings is 1. The maximum absolute atomic E-state index is 12.2. The van der Waals surface area contributed by atoms with Crippen LogP contribution in [0.15, 0.2) is 0 Å². The second kappa shape index (κ2) is 7.43. The summed E-state index contributed by atoms with van der Waals surface area (Å²) in [6.07, 6.45) is 7.09. The molecule has 1 aliphatic heterocycles. The number of fused-ring (bicyclic) bond motifs is 1. The highest BCUT2D eigenvalue weighted by Gasteiger charge is 2.35. The first-order chi connectivity index (χ1) is 10.1. The van der Waals surface area contributed by atoms with Crippen LogP contribution in [0.2, 0.25) is 0 Å². The van der Waals surface area contributed by atoms with Crippen LogP contribution in [0.3, 0.4) is 0 Å². The van der Waals surface area contributed by atoms with Gasteiger partial charge < -0.3 is 10.0 Å². The Labute approximate surface area is 124 Å². The van der Waals surface area contributed by atoms with Crippen molar-refractivity contribution in [3.63, 3.8) is 0 Å². The van der Waals surface area contributed by atoms with E-state index in [4.69, 9.17) is 5.11 Å². The molecule has 2 unspecified atom stereocenters. The van der Waals surface area contributed by atoms with Gasteiger partial charge in [-0.15, -0.1) is 0 Å². The Morgan fingerprint density at radius 2 is 1.76 bits per heavy atom. The zero-order valence-corrected chi connectivity index (χ0v) is 12.3. The lowest BCUT2D eigenvalue weighted by Gasteiger charge is -2.43. The number of hydrogen-bond acceptors (Lipinski definition) is 3. The van der Waals surface area contributed by atoms with E-state index in [1.54, 1.807) is 0 Å². The molecule has 0 aromatic rings. The lowest BCUT2D eigenvalue weighted by atomic mass is 9.78. The molecule has 0 aromatic carbocycles. The molecule has 1 aliphatic carbocycles. The fourth-order valence-corrected chi connectivity index (χ4v) is 3.53. The minimum atomic E-state index is -0.921. The van der Waals surface area contributed by atoms with Gasteiger partial charge in [0.05, 0.1) is 0 Å².